The van der Waals surface area contributed by atoms with E-state index in [9.17, 15) is 18.4 Å². The highest BCUT2D eigenvalue weighted by Gasteiger charge is 2.50. The Balaban J connectivity index is 1.91. The molecule has 1 fully saturated rings. The van der Waals surface area contributed by atoms with E-state index in [4.69, 9.17) is 5.26 Å². The minimum atomic E-state index is -1.68. The van der Waals surface area contributed by atoms with E-state index in [0.717, 1.165) is 23.1 Å². The van der Waals surface area contributed by atoms with Crippen LogP contribution >= 0.6 is 0 Å². The lowest BCUT2D eigenvalue weighted by atomic mass is 9.91. The second-order valence-electron chi connectivity index (χ2n) is 5.88. The van der Waals surface area contributed by atoms with E-state index in [2.05, 4.69) is 5.32 Å². The summed E-state index contributed by atoms with van der Waals surface area (Å²) in [5.74, 6) is -2.16. The van der Waals surface area contributed by atoms with Crippen LogP contribution in [0.1, 0.15) is 23.6 Å². The largest absolute Gasteiger partial charge is 0.325 e. The first-order valence-electron chi connectivity index (χ1n) is 7.44. The summed E-state index contributed by atoms with van der Waals surface area (Å²) in [6.07, 6.45) is 0. The fourth-order valence-corrected chi connectivity index (χ4v) is 2.77. The van der Waals surface area contributed by atoms with Crippen molar-refractivity contribution in [3.8, 4) is 6.07 Å². The predicted octanol–water partition coefficient (Wildman–Crippen LogP) is 2.80. The number of hydrogen-bond donors (Lipinski definition) is 1. The molecule has 0 bridgehead atoms. The third-order valence-corrected chi connectivity index (χ3v) is 4.17. The van der Waals surface area contributed by atoms with Crippen LogP contribution in [-0.4, -0.2) is 16.8 Å². The molecular weight excluding hydrogens is 328 g/mol. The van der Waals surface area contributed by atoms with Crippen LogP contribution in [0.5, 0.6) is 0 Å². The highest BCUT2D eigenvalue weighted by Crippen LogP contribution is 2.32. The molecule has 126 valence electrons. The fourth-order valence-electron chi connectivity index (χ4n) is 2.77. The zero-order chi connectivity index (χ0) is 18.2. The standard InChI is InChI=1S/C18H13F2N3O2/c1-18(14-8-13(19)6-7-15(14)20)16(24)23(17(25)22-18)10-12-4-2-11(9-21)3-5-12/h2-8H,10H2,1H3,(H,22,25)/t18-/m1/s1. The summed E-state index contributed by atoms with van der Waals surface area (Å²) < 4.78 is 27.6. The number of nitrogens with one attached hydrogen (secondary N) is 1. The first kappa shape index (κ1) is 16.6. The Morgan fingerprint density at radius 1 is 1.16 bits per heavy atom. The van der Waals surface area contributed by atoms with Gasteiger partial charge in [0.2, 0.25) is 0 Å². The van der Waals surface area contributed by atoms with Crippen molar-refractivity contribution in [3.05, 3.63) is 70.8 Å². The summed E-state index contributed by atoms with van der Waals surface area (Å²) in [7, 11) is 0. The Labute approximate surface area is 142 Å². The van der Waals surface area contributed by atoms with Gasteiger partial charge in [0.15, 0.2) is 0 Å². The second-order valence-corrected chi connectivity index (χ2v) is 5.88. The maximum atomic E-state index is 14.1. The topological polar surface area (TPSA) is 73.2 Å². The van der Waals surface area contributed by atoms with Crippen LogP contribution in [-0.2, 0) is 16.9 Å². The van der Waals surface area contributed by atoms with Gasteiger partial charge in [0, 0.05) is 5.56 Å². The molecule has 0 aliphatic carbocycles. The molecule has 1 N–H and O–H groups in total. The van der Waals surface area contributed by atoms with Gasteiger partial charge in [-0.1, -0.05) is 12.1 Å². The number of carbonyl (C=O) groups excluding carboxylic acids is 2. The molecule has 1 saturated heterocycles. The Bertz CT molecular complexity index is 906. The number of benzene rings is 2. The molecule has 1 aliphatic rings. The van der Waals surface area contributed by atoms with E-state index in [-0.39, 0.29) is 12.1 Å². The number of urea groups is 1. The Morgan fingerprint density at radius 3 is 2.48 bits per heavy atom. The Hall–Kier alpha value is -3.27. The van der Waals surface area contributed by atoms with E-state index in [0.29, 0.717) is 11.1 Å². The molecule has 0 aromatic heterocycles. The van der Waals surface area contributed by atoms with Gasteiger partial charge in [0.1, 0.15) is 17.2 Å². The number of amides is 3. The summed E-state index contributed by atoms with van der Waals surface area (Å²) in [5.41, 5.74) is -0.831. The molecule has 0 unspecified atom stereocenters. The van der Waals surface area contributed by atoms with Crippen molar-refractivity contribution in [1.82, 2.24) is 10.2 Å². The van der Waals surface area contributed by atoms with Crippen molar-refractivity contribution in [2.75, 3.05) is 0 Å². The van der Waals surface area contributed by atoms with Crippen LogP contribution in [0.2, 0.25) is 0 Å². The van der Waals surface area contributed by atoms with E-state index < -0.39 is 29.1 Å². The lowest BCUT2D eigenvalue weighted by Crippen LogP contribution is -2.41. The van der Waals surface area contributed by atoms with Crippen molar-refractivity contribution in [3.63, 3.8) is 0 Å². The summed E-state index contributed by atoms with van der Waals surface area (Å²) in [5, 5.41) is 11.2. The minimum absolute atomic E-state index is 0.0388. The Kier molecular flexibility index (Phi) is 3.97. The normalized spacial score (nSPS) is 19.7. The van der Waals surface area contributed by atoms with E-state index in [1.807, 2.05) is 6.07 Å². The SMILES string of the molecule is C[C@]1(c2cc(F)ccc2F)NC(=O)N(Cc2ccc(C#N)cc2)C1=O. The number of carbonyl (C=O) groups is 2. The summed E-state index contributed by atoms with van der Waals surface area (Å²) in [6, 6.07) is 10.4. The summed E-state index contributed by atoms with van der Waals surface area (Å²) >= 11 is 0. The monoisotopic (exact) mass is 341 g/mol. The van der Waals surface area contributed by atoms with Gasteiger partial charge < -0.3 is 5.32 Å². The number of rotatable bonds is 3. The van der Waals surface area contributed by atoms with Crippen molar-refractivity contribution in [1.29, 1.82) is 5.26 Å². The molecule has 2 aromatic carbocycles. The van der Waals surface area contributed by atoms with Gasteiger partial charge in [0.25, 0.3) is 5.91 Å². The minimum Gasteiger partial charge on any atom is -0.319 e. The summed E-state index contributed by atoms with van der Waals surface area (Å²) in [4.78, 5) is 25.9. The van der Waals surface area contributed by atoms with Crippen molar-refractivity contribution < 1.29 is 18.4 Å². The molecule has 3 rings (SSSR count). The highest BCUT2D eigenvalue weighted by molar-refractivity contribution is 6.07. The third kappa shape index (κ3) is 2.83. The average Bonchev–Trinajstić information content (AvgIpc) is 2.81. The molecule has 1 heterocycles. The van der Waals surface area contributed by atoms with Gasteiger partial charge in [-0.3, -0.25) is 9.69 Å². The van der Waals surface area contributed by atoms with Crippen LogP contribution in [0.4, 0.5) is 13.6 Å². The first-order chi connectivity index (χ1) is 11.8. The Morgan fingerprint density at radius 2 is 1.84 bits per heavy atom. The maximum absolute atomic E-state index is 14.1. The van der Waals surface area contributed by atoms with Crippen LogP contribution < -0.4 is 5.32 Å². The highest BCUT2D eigenvalue weighted by atomic mass is 19.1. The molecule has 0 radical (unpaired) electrons. The van der Waals surface area contributed by atoms with Crippen LogP contribution in [0.25, 0.3) is 0 Å². The fraction of sp³-hybridized carbons (Fsp3) is 0.167. The molecule has 7 heteroatoms. The van der Waals surface area contributed by atoms with Gasteiger partial charge in [-0.15, -0.1) is 0 Å². The molecular formula is C18H13F2N3O2. The van der Waals surface area contributed by atoms with Gasteiger partial charge in [-0.2, -0.15) is 5.26 Å². The van der Waals surface area contributed by atoms with Crippen LogP contribution in [0.15, 0.2) is 42.5 Å². The molecule has 0 spiro atoms. The first-order valence-corrected chi connectivity index (χ1v) is 7.44. The van der Waals surface area contributed by atoms with Crippen LogP contribution in [0, 0.1) is 23.0 Å². The van der Waals surface area contributed by atoms with Gasteiger partial charge in [0.05, 0.1) is 18.2 Å². The molecule has 0 saturated carbocycles. The summed E-state index contributed by atoms with van der Waals surface area (Å²) in [6.45, 7) is 1.30. The number of nitriles is 1. The van der Waals surface area contributed by atoms with Crippen molar-refractivity contribution in [2.45, 2.75) is 19.0 Å². The second kappa shape index (κ2) is 5.98. The van der Waals surface area contributed by atoms with Gasteiger partial charge in [-0.05, 0) is 42.8 Å². The van der Waals surface area contributed by atoms with E-state index in [1.54, 1.807) is 24.3 Å². The smallest absolute Gasteiger partial charge is 0.319 e. The lowest BCUT2D eigenvalue weighted by Gasteiger charge is -2.22. The zero-order valence-corrected chi connectivity index (χ0v) is 13.2. The van der Waals surface area contributed by atoms with E-state index in [1.165, 1.54) is 6.92 Å². The molecule has 2 aromatic rings. The molecule has 1 atom stereocenters. The number of imide groups is 1. The quantitative estimate of drug-likeness (QED) is 0.873. The molecule has 1 aliphatic heterocycles. The number of halogens is 2. The molecule has 3 amide bonds. The molecule has 5 nitrogen and oxygen atoms in total. The van der Waals surface area contributed by atoms with Crippen LogP contribution in [0.3, 0.4) is 0 Å². The zero-order valence-electron chi connectivity index (χ0n) is 13.2. The third-order valence-electron chi connectivity index (χ3n) is 4.17. The van der Waals surface area contributed by atoms with E-state index >= 15 is 0 Å². The van der Waals surface area contributed by atoms with Crippen molar-refractivity contribution >= 4 is 11.9 Å². The maximum Gasteiger partial charge on any atom is 0.325 e. The average molecular weight is 341 g/mol. The van der Waals surface area contributed by atoms with Crippen molar-refractivity contribution in [2.24, 2.45) is 0 Å². The predicted molar refractivity (Wildman–Crippen MR) is 83.9 cm³/mol. The molecule has 25 heavy (non-hydrogen) atoms. The van der Waals surface area contributed by atoms with Gasteiger partial charge in [-0.25, -0.2) is 13.6 Å². The lowest BCUT2D eigenvalue weighted by molar-refractivity contribution is -0.131. The van der Waals surface area contributed by atoms with Gasteiger partial charge >= 0.3 is 6.03 Å². The number of nitrogens with zero attached hydrogens (tertiary/aromatic N) is 2. The number of hydrogen-bond acceptors (Lipinski definition) is 3.